The molecule has 11 heteroatoms. The maximum atomic E-state index is 11.9. The Morgan fingerprint density at radius 2 is 2.00 bits per heavy atom. The highest BCUT2D eigenvalue weighted by molar-refractivity contribution is 9.10. The maximum absolute atomic E-state index is 11.9. The number of amides is 1. The molecular weight excluding hydrogens is 415 g/mol. The Balaban J connectivity index is 1.72. The second-order valence-electron chi connectivity index (χ2n) is 4.35. The fourth-order valence-electron chi connectivity index (χ4n) is 1.47. The van der Waals surface area contributed by atoms with Crippen molar-refractivity contribution in [2.24, 2.45) is 0 Å². The zero-order valence-corrected chi connectivity index (χ0v) is 14.4. The molecule has 0 bridgehead atoms. The highest BCUT2D eigenvalue weighted by atomic mass is 79.9. The smallest absolute Gasteiger partial charge is 0.422 e. The number of alkyl carbamates (subject to hydrolysis) is 1. The number of nitrogens with zero attached hydrogens (tertiary/aromatic N) is 2. The molecule has 1 amide bonds. The monoisotopic (exact) mass is 425 g/mol. The van der Waals surface area contributed by atoms with Crippen LogP contribution in [-0.4, -0.2) is 41.4 Å². The van der Waals surface area contributed by atoms with Crippen molar-refractivity contribution in [1.29, 1.82) is 0 Å². The summed E-state index contributed by atoms with van der Waals surface area (Å²) in [5.41, 5.74) is 0.756. The molecule has 2 rings (SSSR count). The molecule has 2 aromatic rings. The van der Waals surface area contributed by atoms with Crippen LogP contribution in [0.2, 0.25) is 0 Å². The van der Waals surface area contributed by atoms with Gasteiger partial charge in [-0.05, 0) is 24.3 Å². The van der Waals surface area contributed by atoms with E-state index in [9.17, 15) is 18.0 Å². The molecule has 0 atom stereocenters. The minimum absolute atomic E-state index is 0.0946. The van der Waals surface area contributed by atoms with Crippen LogP contribution in [0.15, 0.2) is 38.4 Å². The fourth-order valence-corrected chi connectivity index (χ4v) is 2.35. The molecule has 1 heterocycles. The summed E-state index contributed by atoms with van der Waals surface area (Å²) < 4.78 is 45.9. The molecule has 0 fully saturated rings. The van der Waals surface area contributed by atoms with E-state index in [-0.39, 0.29) is 6.54 Å². The molecule has 0 aliphatic rings. The van der Waals surface area contributed by atoms with Gasteiger partial charge >= 0.3 is 12.3 Å². The second-order valence-corrected chi connectivity index (χ2v) is 6.31. The molecule has 6 nitrogen and oxygen atoms in total. The number of alkyl halides is 3. The molecule has 1 aromatic carbocycles. The predicted octanol–water partition coefficient (Wildman–Crippen LogP) is 3.88. The lowest BCUT2D eigenvalue weighted by atomic mass is 10.2. The van der Waals surface area contributed by atoms with E-state index < -0.39 is 18.9 Å². The quantitative estimate of drug-likeness (QED) is 0.558. The third kappa shape index (κ3) is 6.40. The molecule has 0 radical (unpaired) electrons. The molecule has 0 unspecified atom stereocenters. The lowest BCUT2D eigenvalue weighted by molar-refractivity contribution is -0.160. The first-order chi connectivity index (χ1) is 11.3. The van der Waals surface area contributed by atoms with Crippen molar-refractivity contribution in [1.82, 2.24) is 15.5 Å². The Morgan fingerprint density at radius 3 is 2.67 bits per heavy atom. The molecule has 0 aliphatic carbocycles. The number of rotatable bonds is 6. The number of ether oxygens (including phenoxy) is 1. The van der Waals surface area contributed by atoms with Crippen molar-refractivity contribution in [2.75, 3.05) is 18.9 Å². The van der Waals surface area contributed by atoms with E-state index in [1.54, 1.807) is 0 Å². The number of benzene rings is 1. The summed E-state index contributed by atoms with van der Waals surface area (Å²) in [4.78, 5) is 11.0. The normalized spacial score (nSPS) is 11.3. The Kier molecular flexibility index (Phi) is 6.49. The topological polar surface area (TPSA) is 77.3 Å². The van der Waals surface area contributed by atoms with Crippen molar-refractivity contribution in [3.8, 4) is 11.5 Å². The van der Waals surface area contributed by atoms with Gasteiger partial charge in [0.25, 0.3) is 5.22 Å². The van der Waals surface area contributed by atoms with E-state index in [1.165, 1.54) is 0 Å². The van der Waals surface area contributed by atoms with Crippen LogP contribution in [0, 0.1) is 0 Å². The van der Waals surface area contributed by atoms with Crippen LogP contribution in [0.1, 0.15) is 0 Å². The average Bonchev–Trinajstić information content (AvgIpc) is 2.98. The van der Waals surface area contributed by atoms with Crippen molar-refractivity contribution in [3.63, 3.8) is 0 Å². The van der Waals surface area contributed by atoms with Gasteiger partial charge in [0.1, 0.15) is 0 Å². The Morgan fingerprint density at radius 1 is 1.29 bits per heavy atom. The van der Waals surface area contributed by atoms with Crippen molar-refractivity contribution < 1.29 is 27.1 Å². The van der Waals surface area contributed by atoms with E-state index in [2.05, 4.69) is 36.2 Å². The van der Waals surface area contributed by atoms with Gasteiger partial charge in [0.05, 0.1) is 0 Å². The fraction of sp³-hybridized carbons (Fsp3) is 0.308. The van der Waals surface area contributed by atoms with Crippen LogP contribution in [0.3, 0.4) is 0 Å². The SMILES string of the molecule is O=C(NCCSc1nnc(-c2ccc(Br)cc2)o1)OCC(F)(F)F. The Bertz CT molecular complexity index is 679. The number of hydrogen-bond acceptors (Lipinski definition) is 6. The summed E-state index contributed by atoms with van der Waals surface area (Å²) >= 11 is 4.48. The summed E-state index contributed by atoms with van der Waals surface area (Å²) in [6.45, 7) is -1.52. The van der Waals surface area contributed by atoms with E-state index in [0.29, 0.717) is 16.9 Å². The molecule has 0 aliphatic heterocycles. The van der Waals surface area contributed by atoms with Gasteiger partial charge in [0.15, 0.2) is 6.61 Å². The number of aromatic nitrogens is 2. The molecule has 0 saturated carbocycles. The molecular formula is C13H11BrF3N3O3S. The third-order valence-corrected chi connectivity index (χ3v) is 3.81. The number of carbonyl (C=O) groups excluding carboxylic acids is 1. The van der Waals surface area contributed by atoms with E-state index in [4.69, 9.17) is 4.42 Å². The first-order valence-corrected chi connectivity index (χ1v) is 8.31. The van der Waals surface area contributed by atoms with Crippen LogP contribution in [0.4, 0.5) is 18.0 Å². The predicted molar refractivity (Wildman–Crippen MR) is 83.6 cm³/mol. The van der Waals surface area contributed by atoms with Crippen LogP contribution >= 0.6 is 27.7 Å². The van der Waals surface area contributed by atoms with Crippen LogP contribution in [0.25, 0.3) is 11.5 Å². The van der Waals surface area contributed by atoms with Gasteiger partial charge in [0.2, 0.25) is 5.89 Å². The largest absolute Gasteiger partial charge is 0.440 e. The number of thioether (sulfide) groups is 1. The minimum Gasteiger partial charge on any atom is -0.440 e. The Labute approximate surface area is 147 Å². The standard InChI is InChI=1S/C13H11BrF3N3O3S/c14-9-3-1-8(2-4-9)10-19-20-12(23-10)24-6-5-18-11(21)22-7-13(15,16)17/h1-4H,5-7H2,(H,18,21). The van der Waals surface area contributed by atoms with Gasteiger partial charge in [0, 0.05) is 22.3 Å². The minimum atomic E-state index is -4.54. The van der Waals surface area contributed by atoms with Gasteiger partial charge in [-0.1, -0.05) is 27.7 Å². The highest BCUT2D eigenvalue weighted by Gasteiger charge is 2.29. The van der Waals surface area contributed by atoms with Gasteiger partial charge in [-0.25, -0.2) is 4.79 Å². The molecule has 130 valence electrons. The molecule has 0 saturated heterocycles. The zero-order valence-electron chi connectivity index (χ0n) is 12.0. The Hall–Kier alpha value is -1.75. The van der Waals surface area contributed by atoms with Gasteiger partial charge in [-0.3, -0.25) is 0 Å². The van der Waals surface area contributed by atoms with Crippen molar-refractivity contribution in [2.45, 2.75) is 11.4 Å². The van der Waals surface area contributed by atoms with Crippen molar-refractivity contribution in [3.05, 3.63) is 28.7 Å². The van der Waals surface area contributed by atoms with Crippen molar-refractivity contribution >= 4 is 33.8 Å². The zero-order chi connectivity index (χ0) is 17.6. The summed E-state index contributed by atoms with van der Waals surface area (Å²) in [5.74, 6) is 0.686. The summed E-state index contributed by atoms with van der Waals surface area (Å²) in [7, 11) is 0. The molecule has 1 N–H and O–H groups in total. The van der Waals surface area contributed by atoms with Crippen LogP contribution in [0.5, 0.6) is 0 Å². The van der Waals surface area contributed by atoms with E-state index >= 15 is 0 Å². The summed E-state index contributed by atoms with van der Waals surface area (Å²) in [6, 6.07) is 7.29. The lowest BCUT2D eigenvalue weighted by Crippen LogP contribution is -2.30. The number of carbonyl (C=O) groups is 1. The first kappa shape index (κ1) is 18.6. The second kappa shape index (κ2) is 8.38. The molecule has 1 aromatic heterocycles. The maximum Gasteiger partial charge on any atom is 0.422 e. The lowest BCUT2D eigenvalue weighted by Gasteiger charge is -2.08. The van der Waals surface area contributed by atoms with E-state index in [0.717, 1.165) is 21.8 Å². The van der Waals surface area contributed by atoms with Gasteiger partial charge in [-0.15, -0.1) is 10.2 Å². The van der Waals surface area contributed by atoms with Gasteiger partial charge in [-0.2, -0.15) is 13.2 Å². The molecule has 24 heavy (non-hydrogen) atoms. The molecule has 0 spiro atoms. The number of nitrogens with one attached hydrogen (secondary N) is 1. The van der Waals surface area contributed by atoms with E-state index in [1.807, 2.05) is 24.3 Å². The summed E-state index contributed by atoms with van der Waals surface area (Å²) in [5, 5.41) is 10.2. The summed E-state index contributed by atoms with van der Waals surface area (Å²) in [6.07, 6.45) is -5.67. The third-order valence-electron chi connectivity index (χ3n) is 2.46. The number of hydrogen-bond donors (Lipinski definition) is 1. The van der Waals surface area contributed by atoms with Gasteiger partial charge < -0.3 is 14.5 Å². The number of halogens is 4. The van der Waals surface area contributed by atoms with Crippen LogP contribution < -0.4 is 5.32 Å². The highest BCUT2D eigenvalue weighted by Crippen LogP contribution is 2.24. The van der Waals surface area contributed by atoms with Crippen LogP contribution in [-0.2, 0) is 4.74 Å². The first-order valence-electron chi connectivity index (χ1n) is 6.53. The average molecular weight is 426 g/mol.